The molecular formula is C11H19N3O2. The summed E-state index contributed by atoms with van der Waals surface area (Å²) in [5, 5.41) is 0. The van der Waals surface area contributed by atoms with Gasteiger partial charge in [0.15, 0.2) is 5.82 Å². The van der Waals surface area contributed by atoms with Crippen LogP contribution in [0.1, 0.15) is 32.5 Å². The number of rotatable bonds is 6. The van der Waals surface area contributed by atoms with Gasteiger partial charge in [-0.3, -0.25) is 0 Å². The Kier molecular flexibility index (Phi) is 4.98. The molecule has 0 fully saturated rings. The number of anilines is 1. The molecule has 0 aliphatic rings. The van der Waals surface area contributed by atoms with Crippen molar-refractivity contribution in [1.82, 2.24) is 9.97 Å². The fourth-order valence-electron chi connectivity index (χ4n) is 1.42. The van der Waals surface area contributed by atoms with Gasteiger partial charge in [0.25, 0.3) is 0 Å². The molecule has 1 aromatic heterocycles. The Hall–Kier alpha value is -1.36. The summed E-state index contributed by atoms with van der Waals surface area (Å²) in [5.41, 5.74) is 5.65. The molecule has 1 unspecified atom stereocenters. The summed E-state index contributed by atoms with van der Waals surface area (Å²) in [4.78, 5) is 8.25. The van der Waals surface area contributed by atoms with E-state index in [1.54, 1.807) is 13.2 Å². The quantitative estimate of drug-likeness (QED) is 0.799. The summed E-state index contributed by atoms with van der Waals surface area (Å²) in [6.45, 7) is 4.46. The number of ether oxygens (including phenoxy) is 2. The summed E-state index contributed by atoms with van der Waals surface area (Å²) in [6, 6.07) is 1.63. The van der Waals surface area contributed by atoms with E-state index in [1.165, 1.54) is 0 Å². The molecule has 1 aromatic rings. The van der Waals surface area contributed by atoms with Gasteiger partial charge in [0, 0.05) is 13.2 Å². The third kappa shape index (κ3) is 4.02. The van der Waals surface area contributed by atoms with Crippen molar-refractivity contribution in [2.75, 3.05) is 12.8 Å². The third-order valence-corrected chi connectivity index (χ3v) is 2.06. The average molecular weight is 225 g/mol. The monoisotopic (exact) mass is 225 g/mol. The van der Waals surface area contributed by atoms with Crippen LogP contribution in [0.25, 0.3) is 0 Å². The largest absolute Gasteiger partial charge is 0.475 e. The summed E-state index contributed by atoms with van der Waals surface area (Å²) < 4.78 is 10.6. The van der Waals surface area contributed by atoms with Crippen LogP contribution < -0.4 is 10.5 Å². The first-order valence-corrected chi connectivity index (χ1v) is 5.44. The molecule has 2 N–H and O–H groups in total. The van der Waals surface area contributed by atoms with Crippen molar-refractivity contribution >= 4 is 5.82 Å². The van der Waals surface area contributed by atoms with Gasteiger partial charge >= 0.3 is 0 Å². The van der Waals surface area contributed by atoms with Gasteiger partial charge in [-0.15, -0.1) is 0 Å². The van der Waals surface area contributed by atoms with Gasteiger partial charge in [-0.1, -0.05) is 13.3 Å². The highest BCUT2D eigenvalue weighted by Crippen LogP contribution is 2.14. The first-order valence-electron chi connectivity index (χ1n) is 5.44. The van der Waals surface area contributed by atoms with E-state index in [-0.39, 0.29) is 6.10 Å². The summed E-state index contributed by atoms with van der Waals surface area (Å²) >= 11 is 0. The lowest BCUT2D eigenvalue weighted by molar-refractivity contribution is 0.171. The Morgan fingerprint density at radius 3 is 2.81 bits per heavy atom. The molecule has 1 atom stereocenters. The van der Waals surface area contributed by atoms with Crippen LogP contribution in [0.2, 0.25) is 0 Å². The van der Waals surface area contributed by atoms with Gasteiger partial charge in [0.1, 0.15) is 12.4 Å². The fourth-order valence-corrected chi connectivity index (χ4v) is 1.42. The highest BCUT2D eigenvalue weighted by molar-refractivity contribution is 5.32. The number of aromatic nitrogens is 2. The normalized spacial score (nSPS) is 12.4. The number of hydrogen-bond donors (Lipinski definition) is 1. The van der Waals surface area contributed by atoms with Gasteiger partial charge in [-0.2, -0.15) is 4.98 Å². The number of hydrogen-bond acceptors (Lipinski definition) is 5. The van der Waals surface area contributed by atoms with E-state index < -0.39 is 0 Å². The number of nitrogens with two attached hydrogens (primary N) is 1. The Morgan fingerprint density at radius 1 is 1.44 bits per heavy atom. The lowest BCUT2D eigenvalue weighted by atomic mass is 10.2. The second-order valence-corrected chi connectivity index (χ2v) is 3.70. The highest BCUT2D eigenvalue weighted by Gasteiger charge is 2.07. The Balaban J connectivity index is 2.71. The molecule has 1 heterocycles. The SMILES string of the molecule is CCCC(C)Oc1cc(N)nc(COC)n1. The molecule has 5 nitrogen and oxygen atoms in total. The van der Waals surface area contributed by atoms with E-state index in [0.29, 0.717) is 24.1 Å². The summed E-state index contributed by atoms with van der Waals surface area (Å²) in [6.07, 6.45) is 2.20. The molecule has 0 aliphatic carbocycles. The van der Waals surface area contributed by atoms with E-state index in [1.807, 2.05) is 6.92 Å². The van der Waals surface area contributed by atoms with Gasteiger partial charge < -0.3 is 15.2 Å². The molecule has 0 spiro atoms. The number of nitrogen functional groups attached to an aromatic ring is 1. The van der Waals surface area contributed by atoms with Gasteiger partial charge in [0.05, 0.1) is 6.10 Å². The van der Waals surface area contributed by atoms with Crippen LogP contribution in [0.15, 0.2) is 6.07 Å². The van der Waals surface area contributed by atoms with Crippen molar-refractivity contribution in [2.24, 2.45) is 0 Å². The molecule has 0 saturated carbocycles. The summed E-state index contributed by atoms with van der Waals surface area (Å²) in [5.74, 6) is 1.46. The first-order chi connectivity index (χ1) is 7.65. The van der Waals surface area contributed by atoms with Crippen molar-refractivity contribution < 1.29 is 9.47 Å². The number of nitrogens with zero attached hydrogens (tertiary/aromatic N) is 2. The van der Waals surface area contributed by atoms with Gasteiger partial charge in [-0.05, 0) is 13.3 Å². The van der Waals surface area contributed by atoms with Crippen LogP contribution >= 0.6 is 0 Å². The van der Waals surface area contributed by atoms with Crippen molar-refractivity contribution in [3.05, 3.63) is 11.9 Å². The Bertz CT molecular complexity index is 331. The van der Waals surface area contributed by atoms with Crippen molar-refractivity contribution in [3.63, 3.8) is 0 Å². The van der Waals surface area contributed by atoms with E-state index in [4.69, 9.17) is 15.2 Å². The molecule has 0 radical (unpaired) electrons. The molecule has 90 valence electrons. The van der Waals surface area contributed by atoms with Crippen LogP contribution in [-0.2, 0) is 11.3 Å². The number of methoxy groups -OCH3 is 1. The van der Waals surface area contributed by atoms with E-state index >= 15 is 0 Å². The maximum absolute atomic E-state index is 5.65. The van der Waals surface area contributed by atoms with Crippen molar-refractivity contribution in [3.8, 4) is 5.88 Å². The molecule has 0 bridgehead atoms. The molecule has 0 amide bonds. The van der Waals surface area contributed by atoms with Crippen LogP contribution in [-0.4, -0.2) is 23.2 Å². The molecular weight excluding hydrogens is 206 g/mol. The summed E-state index contributed by atoms with van der Waals surface area (Å²) in [7, 11) is 1.59. The zero-order chi connectivity index (χ0) is 12.0. The maximum Gasteiger partial charge on any atom is 0.219 e. The maximum atomic E-state index is 5.65. The highest BCUT2D eigenvalue weighted by atomic mass is 16.5. The second-order valence-electron chi connectivity index (χ2n) is 3.70. The smallest absolute Gasteiger partial charge is 0.219 e. The van der Waals surface area contributed by atoms with Crippen molar-refractivity contribution in [2.45, 2.75) is 39.4 Å². The zero-order valence-electron chi connectivity index (χ0n) is 10.1. The first kappa shape index (κ1) is 12.7. The van der Waals surface area contributed by atoms with E-state index in [0.717, 1.165) is 12.8 Å². The molecule has 16 heavy (non-hydrogen) atoms. The minimum atomic E-state index is 0.134. The van der Waals surface area contributed by atoms with E-state index in [9.17, 15) is 0 Å². The molecule has 1 rings (SSSR count). The average Bonchev–Trinajstić information content (AvgIpc) is 2.17. The standard InChI is InChI=1S/C11H19N3O2/c1-4-5-8(2)16-11-6-9(12)13-10(14-11)7-15-3/h6,8H,4-5,7H2,1-3H3,(H2,12,13,14). The van der Waals surface area contributed by atoms with Crippen LogP contribution in [0.3, 0.4) is 0 Å². The van der Waals surface area contributed by atoms with Gasteiger partial charge in [0.2, 0.25) is 5.88 Å². The molecule has 5 heteroatoms. The van der Waals surface area contributed by atoms with Crippen molar-refractivity contribution in [1.29, 1.82) is 0 Å². The van der Waals surface area contributed by atoms with E-state index in [2.05, 4.69) is 16.9 Å². The molecule has 0 saturated heterocycles. The lowest BCUT2D eigenvalue weighted by Gasteiger charge is -2.13. The topological polar surface area (TPSA) is 70.3 Å². The molecule has 0 aliphatic heterocycles. The van der Waals surface area contributed by atoms with Crippen LogP contribution in [0.5, 0.6) is 5.88 Å². The molecule has 0 aromatic carbocycles. The van der Waals surface area contributed by atoms with Crippen LogP contribution in [0.4, 0.5) is 5.82 Å². The third-order valence-electron chi connectivity index (χ3n) is 2.06. The Labute approximate surface area is 96.0 Å². The minimum absolute atomic E-state index is 0.134. The lowest BCUT2D eigenvalue weighted by Crippen LogP contribution is -2.13. The zero-order valence-corrected chi connectivity index (χ0v) is 10.1. The second kappa shape index (κ2) is 6.27. The predicted molar refractivity (Wildman–Crippen MR) is 62.2 cm³/mol. The Morgan fingerprint density at radius 2 is 2.19 bits per heavy atom. The fraction of sp³-hybridized carbons (Fsp3) is 0.636. The predicted octanol–water partition coefficient (Wildman–Crippen LogP) is 1.77. The van der Waals surface area contributed by atoms with Gasteiger partial charge in [-0.25, -0.2) is 4.98 Å². The van der Waals surface area contributed by atoms with Crippen LogP contribution in [0, 0.1) is 0 Å². The minimum Gasteiger partial charge on any atom is -0.475 e.